The van der Waals surface area contributed by atoms with Crippen molar-refractivity contribution >= 4 is 17.0 Å². The van der Waals surface area contributed by atoms with Crippen LogP contribution < -0.4 is 16.4 Å². The molecule has 4 rings (SSSR count). The number of hydrogen-bond acceptors (Lipinski definition) is 4. The van der Waals surface area contributed by atoms with E-state index in [0.29, 0.717) is 0 Å². The Hall–Kier alpha value is -1.79. The van der Waals surface area contributed by atoms with E-state index in [0.717, 1.165) is 60.5 Å². The number of aromatic nitrogens is 2. The van der Waals surface area contributed by atoms with Crippen molar-refractivity contribution in [3.05, 3.63) is 23.4 Å². The van der Waals surface area contributed by atoms with Crippen molar-refractivity contribution in [2.75, 3.05) is 57.4 Å². The van der Waals surface area contributed by atoms with E-state index in [1.54, 1.807) is 0 Å². The first-order valence-corrected chi connectivity index (χ1v) is 8.73. The number of anilines is 2. The van der Waals surface area contributed by atoms with E-state index in [-0.39, 0.29) is 0 Å². The fourth-order valence-corrected chi connectivity index (χ4v) is 3.89. The number of quaternary nitrogens is 1. The molecule has 0 radical (unpaired) electrons. The van der Waals surface area contributed by atoms with Crippen molar-refractivity contribution in [3.63, 3.8) is 0 Å². The molecule has 1 aliphatic heterocycles. The number of nitrogens with zero attached hydrogens (tertiary/aromatic N) is 3. The van der Waals surface area contributed by atoms with Gasteiger partial charge in [-0.15, -0.1) is 5.10 Å². The number of hydrogen-bond donors (Lipinski definition) is 3. The number of piperazine rings is 1. The topological polar surface area (TPSA) is 67.4 Å². The first-order chi connectivity index (χ1) is 11.2. The maximum absolute atomic E-state index is 6.32. The number of nitrogens with one attached hydrogen (secondary N) is 2. The Balaban J connectivity index is 1.50. The van der Waals surface area contributed by atoms with Gasteiger partial charge in [0, 0.05) is 18.8 Å². The summed E-state index contributed by atoms with van der Waals surface area (Å²) in [4.78, 5) is 0. The number of rotatable bonds is 4. The van der Waals surface area contributed by atoms with Gasteiger partial charge in [-0.25, -0.2) is 4.52 Å². The third-order valence-corrected chi connectivity index (χ3v) is 5.49. The largest absolute Gasteiger partial charge is 0.394 e. The highest BCUT2D eigenvalue weighted by atomic mass is 15.4. The van der Waals surface area contributed by atoms with Crippen molar-refractivity contribution in [1.82, 2.24) is 14.9 Å². The third kappa shape index (κ3) is 2.66. The Kier molecular flexibility index (Phi) is 3.66. The van der Waals surface area contributed by atoms with E-state index in [1.165, 1.54) is 30.8 Å². The zero-order chi connectivity index (χ0) is 15.9. The maximum atomic E-state index is 6.32. The van der Waals surface area contributed by atoms with E-state index < -0.39 is 0 Å². The minimum absolute atomic E-state index is 0.780. The normalized spacial score (nSPS) is 19.9. The lowest BCUT2D eigenvalue weighted by Gasteiger charge is -2.38. The zero-order valence-electron chi connectivity index (χ0n) is 13.9. The lowest BCUT2D eigenvalue weighted by atomic mass is 10.2. The van der Waals surface area contributed by atoms with Crippen LogP contribution in [0.5, 0.6) is 0 Å². The minimum Gasteiger partial charge on any atom is -0.394 e. The molecule has 4 N–H and O–H groups in total. The number of aryl methyl sites for hydroxylation is 2. The smallest absolute Gasteiger partial charge is 0.172 e. The molecule has 0 amide bonds. The highest BCUT2D eigenvalue weighted by Crippen LogP contribution is 2.29. The van der Waals surface area contributed by atoms with E-state index in [1.807, 2.05) is 0 Å². The minimum atomic E-state index is 0.780. The third-order valence-electron chi connectivity index (χ3n) is 5.49. The van der Waals surface area contributed by atoms with Crippen LogP contribution in [0.2, 0.25) is 0 Å². The van der Waals surface area contributed by atoms with Gasteiger partial charge < -0.3 is 20.9 Å². The summed E-state index contributed by atoms with van der Waals surface area (Å²) in [5.74, 6) is 0.840. The van der Waals surface area contributed by atoms with Gasteiger partial charge in [-0.05, 0) is 30.9 Å². The Morgan fingerprint density at radius 2 is 2.13 bits per heavy atom. The quantitative estimate of drug-likeness (QED) is 0.732. The fraction of sp³-hybridized carbons (Fsp3) is 0.588. The average molecular weight is 315 g/mol. The molecular formula is C17H27N6+. The predicted octanol–water partition coefficient (Wildman–Crippen LogP) is 0.867. The van der Waals surface area contributed by atoms with Gasteiger partial charge in [0.05, 0.1) is 38.7 Å². The molecule has 0 saturated carbocycles. The van der Waals surface area contributed by atoms with Gasteiger partial charge in [0.15, 0.2) is 5.82 Å². The van der Waals surface area contributed by atoms with E-state index in [2.05, 4.69) is 34.3 Å². The van der Waals surface area contributed by atoms with Gasteiger partial charge in [0.1, 0.15) is 5.69 Å². The fourth-order valence-electron chi connectivity index (χ4n) is 3.89. The molecule has 2 aromatic heterocycles. The van der Waals surface area contributed by atoms with Gasteiger partial charge in [0.25, 0.3) is 0 Å². The lowest BCUT2D eigenvalue weighted by Crippen LogP contribution is -2.57. The summed E-state index contributed by atoms with van der Waals surface area (Å²) in [6.07, 6.45) is 3.49. The van der Waals surface area contributed by atoms with Crippen LogP contribution in [-0.4, -0.2) is 60.4 Å². The molecule has 23 heavy (non-hydrogen) atoms. The molecule has 1 fully saturated rings. The summed E-state index contributed by atoms with van der Waals surface area (Å²) >= 11 is 0. The molecule has 0 unspecified atom stereocenters. The first-order valence-electron chi connectivity index (χ1n) is 8.73. The summed E-state index contributed by atoms with van der Waals surface area (Å²) in [6.45, 7) is 6.61. The molecule has 3 heterocycles. The van der Waals surface area contributed by atoms with Crippen molar-refractivity contribution in [2.45, 2.75) is 19.3 Å². The molecule has 0 spiro atoms. The number of nitrogens with two attached hydrogens (primary N) is 1. The van der Waals surface area contributed by atoms with Crippen LogP contribution in [0.1, 0.15) is 17.7 Å². The number of nitrogen functional groups attached to an aromatic ring is 1. The lowest BCUT2D eigenvalue weighted by molar-refractivity contribution is -0.909. The molecule has 1 aliphatic carbocycles. The molecule has 124 valence electrons. The van der Waals surface area contributed by atoms with Crippen LogP contribution in [0, 0.1) is 0 Å². The maximum Gasteiger partial charge on any atom is 0.172 e. The number of fused-ring (bicyclic) bond motifs is 3. The Bertz CT molecular complexity index is 713. The molecule has 6 heteroatoms. The molecule has 0 atom stereocenters. The van der Waals surface area contributed by atoms with E-state index >= 15 is 0 Å². The predicted molar refractivity (Wildman–Crippen MR) is 93.8 cm³/mol. The van der Waals surface area contributed by atoms with Crippen molar-refractivity contribution < 1.29 is 4.48 Å². The SMILES string of the molecule is C[N+]1(CCNc2nn3c4c(ccc3c2N)CCC4)CCNCC1. The average Bonchev–Trinajstić information content (AvgIpc) is 3.13. The van der Waals surface area contributed by atoms with Gasteiger partial charge in [0.2, 0.25) is 0 Å². The Morgan fingerprint density at radius 1 is 1.30 bits per heavy atom. The highest BCUT2D eigenvalue weighted by molar-refractivity contribution is 5.81. The molecule has 0 bridgehead atoms. The van der Waals surface area contributed by atoms with Gasteiger partial charge >= 0.3 is 0 Å². The molecule has 0 aromatic carbocycles. The molecular weight excluding hydrogens is 288 g/mol. The monoisotopic (exact) mass is 315 g/mol. The number of likely N-dealkylation sites (N-methyl/N-ethyl adjacent to an activating group) is 1. The summed E-state index contributed by atoms with van der Waals surface area (Å²) in [5.41, 5.74) is 10.9. The van der Waals surface area contributed by atoms with Crippen LogP contribution >= 0.6 is 0 Å². The van der Waals surface area contributed by atoms with E-state index in [9.17, 15) is 0 Å². The standard InChI is InChI=1S/C17H27N6/c1-23(10-7-19-8-11-23)12-9-20-17-16(18)15-6-5-13-3-2-4-14(13)22(15)21-17/h5-6,19H,2-4,7-12,18H2,1H3,(H,20,21)/q+1. The Morgan fingerprint density at radius 3 is 2.96 bits per heavy atom. The van der Waals surface area contributed by atoms with Gasteiger partial charge in [-0.3, -0.25) is 0 Å². The van der Waals surface area contributed by atoms with Crippen molar-refractivity contribution in [1.29, 1.82) is 0 Å². The van der Waals surface area contributed by atoms with Gasteiger partial charge in [-0.1, -0.05) is 6.07 Å². The summed E-state index contributed by atoms with van der Waals surface area (Å²) in [6, 6.07) is 4.33. The second-order valence-corrected chi connectivity index (χ2v) is 7.19. The second kappa shape index (κ2) is 5.69. The second-order valence-electron chi connectivity index (χ2n) is 7.19. The summed E-state index contributed by atoms with van der Waals surface area (Å²) < 4.78 is 3.17. The van der Waals surface area contributed by atoms with E-state index in [4.69, 9.17) is 10.8 Å². The first kappa shape index (κ1) is 14.8. The van der Waals surface area contributed by atoms with Crippen LogP contribution in [-0.2, 0) is 12.8 Å². The van der Waals surface area contributed by atoms with Crippen molar-refractivity contribution in [2.24, 2.45) is 0 Å². The van der Waals surface area contributed by atoms with Crippen LogP contribution in [0.4, 0.5) is 11.5 Å². The Labute approximate surface area is 137 Å². The molecule has 2 aliphatic rings. The highest BCUT2D eigenvalue weighted by Gasteiger charge is 2.24. The number of pyridine rings is 1. The zero-order valence-corrected chi connectivity index (χ0v) is 13.9. The van der Waals surface area contributed by atoms with Crippen LogP contribution in [0.15, 0.2) is 12.1 Å². The van der Waals surface area contributed by atoms with Gasteiger partial charge in [-0.2, -0.15) is 0 Å². The molecule has 6 nitrogen and oxygen atoms in total. The molecule has 2 aromatic rings. The van der Waals surface area contributed by atoms with Crippen LogP contribution in [0.3, 0.4) is 0 Å². The summed E-state index contributed by atoms with van der Waals surface area (Å²) in [5, 5.41) is 11.7. The van der Waals surface area contributed by atoms with Crippen molar-refractivity contribution in [3.8, 4) is 0 Å². The van der Waals surface area contributed by atoms with Crippen LogP contribution in [0.25, 0.3) is 5.52 Å². The summed E-state index contributed by atoms with van der Waals surface area (Å²) in [7, 11) is 2.34. The molecule has 1 saturated heterocycles.